The number of aliphatic hydroxyl groups is 1. The molecule has 5 heteroatoms. The minimum Gasteiger partial charge on any atom is -0.390 e. The Balaban J connectivity index is 1.36. The Bertz CT molecular complexity index is 1120. The van der Waals surface area contributed by atoms with Crippen LogP contribution in [0.5, 0.6) is 0 Å². The van der Waals surface area contributed by atoms with Crippen LogP contribution in [0.1, 0.15) is 55.6 Å². The van der Waals surface area contributed by atoms with Crippen molar-refractivity contribution in [2.24, 2.45) is 5.92 Å². The number of carbonyl (C=O) groups is 1. The van der Waals surface area contributed by atoms with E-state index in [1.54, 1.807) is 6.07 Å². The maximum absolute atomic E-state index is 14.8. The van der Waals surface area contributed by atoms with Gasteiger partial charge >= 0.3 is 0 Å². The summed E-state index contributed by atoms with van der Waals surface area (Å²) in [6.45, 7) is 0. The fraction of sp³-hybridized carbons (Fsp3) is 0.423. The first-order valence-corrected chi connectivity index (χ1v) is 11.3. The molecule has 0 radical (unpaired) electrons. The maximum atomic E-state index is 14.8. The molecule has 4 bridgehead atoms. The van der Waals surface area contributed by atoms with E-state index in [2.05, 4.69) is 9.88 Å². The van der Waals surface area contributed by atoms with Gasteiger partial charge in [-0.15, -0.1) is 0 Å². The first-order valence-electron chi connectivity index (χ1n) is 11.3. The highest BCUT2D eigenvalue weighted by Crippen LogP contribution is 2.51. The van der Waals surface area contributed by atoms with Crippen molar-refractivity contribution in [1.29, 1.82) is 0 Å². The minimum atomic E-state index is -0.577. The zero-order valence-electron chi connectivity index (χ0n) is 17.4. The molecule has 4 aliphatic rings. The second-order valence-electron chi connectivity index (χ2n) is 9.86. The van der Waals surface area contributed by atoms with Gasteiger partial charge in [0.25, 0.3) is 0 Å². The summed E-state index contributed by atoms with van der Waals surface area (Å²) in [4.78, 5) is 18.9. The highest BCUT2D eigenvalue weighted by molar-refractivity contribution is 5.86. The summed E-state index contributed by atoms with van der Waals surface area (Å²) in [5, 5.41) is 11.4. The summed E-state index contributed by atoms with van der Waals surface area (Å²) in [6, 6.07) is 15.3. The van der Waals surface area contributed by atoms with Crippen LogP contribution in [-0.2, 0) is 4.79 Å². The Morgan fingerprint density at radius 3 is 2.55 bits per heavy atom. The third-order valence-electron chi connectivity index (χ3n) is 7.83. The lowest BCUT2D eigenvalue weighted by molar-refractivity contribution is -0.174. The predicted octanol–water partition coefficient (Wildman–Crippen LogP) is 4.73. The fourth-order valence-corrected chi connectivity index (χ4v) is 6.81. The molecule has 160 valence electrons. The van der Waals surface area contributed by atoms with E-state index in [-0.39, 0.29) is 29.7 Å². The summed E-state index contributed by atoms with van der Waals surface area (Å²) in [5.74, 6) is 0.176. The van der Waals surface area contributed by atoms with Crippen LogP contribution < -0.4 is 0 Å². The van der Waals surface area contributed by atoms with Gasteiger partial charge in [0.15, 0.2) is 0 Å². The van der Waals surface area contributed by atoms with Gasteiger partial charge in [-0.25, -0.2) is 4.39 Å². The normalized spacial score (nSPS) is 30.1. The molecule has 2 saturated heterocycles. The molecule has 7 rings (SSSR count). The Hall–Kier alpha value is -2.66. The molecule has 4 nitrogen and oxygen atoms in total. The van der Waals surface area contributed by atoms with Crippen molar-refractivity contribution in [2.45, 2.75) is 62.1 Å². The molecule has 31 heavy (non-hydrogen) atoms. The molecule has 3 heterocycles. The summed E-state index contributed by atoms with van der Waals surface area (Å²) >= 11 is 0. The molecule has 4 fully saturated rings. The first kappa shape index (κ1) is 19.1. The minimum absolute atomic E-state index is 0.122. The molecular formula is C26H27FN2O2. The molecule has 2 aliphatic heterocycles. The second-order valence-corrected chi connectivity index (χ2v) is 9.86. The van der Waals surface area contributed by atoms with Crippen LogP contribution >= 0.6 is 0 Å². The Morgan fingerprint density at radius 2 is 1.84 bits per heavy atom. The van der Waals surface area contributed by atoms with Gasteiger partial charge in [-0.3, -0.25) is 4.79 Å². The summed E-state index contributed by atoms with van der Waals surface area (Å²) in [7, 11) is 0. The molecule has 2 aromatic carbocycles. The van der Waals surface area contributed by atoms with Gasteiger partial charge in [0.05, 0.1) is 5.60 Å². The third kappa shape index (κ3) is 3.09. The number of aromatic amines is 1. The number of hydrogen-bond acceptors (Lipinski definition) is 2. The van der Waals surface area contributed by atoms with Crippen molar-refractivity contribution in [2.75, 3.05) is 0 Å². The van der Waals surface area contributed by atoms with Crippen molar-refractivity contribution in [3.8, 4) is 0 Å². The lowest BCUT2D eigenvalue weighted by Gasteiger charge is -2.59. The summed E-state index contributed by atoms with van der Waals surface area (Å²) in [6.07, 6.45) is 6.45. The average molecular weight is 419 g/mol. The number of fused-ring (bicyclic) bond motifs is 1. The van der Waals surface area contributed by atoms with Gasteiger partial charge in [-0.2, -0.15) is 0 Å². The van der Waals surface area contributed by atoms with E-state index in [1.807, 2.05) is 42.6 Å². The van der Waals surface area contributed by atoms with E-state index < -0.39 is 5.60 Å². The number of H-pyrrole nitrogens is 1. The van der Waals surface area contributed by atoms with Crippen LogP contribution in [0, 0.1) is 11.7 Å². The van der Waals surface area contributed by atoms with Gasteiger partial charge in [-0.05, 0) is 61.3 Å². The van der Waals surface area contributed by atoms with Gasteiger partial charge in [0.1, 0.15) is 5.82 Å². The number of amides is 1. The largest absolute Gasteiger partial charge is 0.390 e. The van der Waals surface area contributed by atoms with E-state index in [0.717, 1.165) is 35.9 Å². The number of rotatable bonds is 4. The molecule has 2 aliphatic carbocycles. The van der Waals surface area contributed by atoms with Crippen LogP contribution in [-0.4, -0.2) is 38.6 Å². The SMILES string of the molecule is O=C(CC(c1ccccc1)c1c[nH]c2cccc(F)c12)N1C2CC3CC1CC(O)(C3)C2. The second kappa shape index (κ2) is 6.92. The van der Waals surface area contributed by atoms with Gasteiger partial charge < -0.3 is 15.0 Å². The number of hydrogen-bond donors (Lipinski definition) is 2. The van der Waals surface area contributed by atoms with Crippen LogP contribution in [0.2, 0.25) is 0 Å². The molecule has 3 aromatic rings. The molecule has 3 atom stereocenters. The van der Waals surface area contributed by atoms with Crippen molar-refractivity contribution >= 4 is 16.8 Å². The van der Waals surface area contributed by atoms with E-state index >= 15 is 0 Å². The Morgan fingerprint density at radius 1 is 1.10 bits per heavy atom. The number of aromatic nitrogens is 1. The average Bonchev–Trinajstić information content (AvgIpc) is 3.16. The fourth-order valence-electron chi connectivity index (χ4n) is 6.81. The highest BCUT2D eigenvalue weighted by atomic mass is 19.1. The Kier molecular flexibility index (Phi) is 4.26. The summed E-state index contributed by atoms with van der Waals surface area (Å²) in [5.41, 5.74) is 2.02. The lowest BCUT2D eigenvalue weighted by Crippen LogP contribution is -2.65. The Labute approximate surface area is 181 Å². The molecule has 3 unspecified atom stereocenters. The van der Waals surface area contributed by atoms with E-state index in [1.165, 1.54) is 6.07 Å². The number of nitrogens with zero attached hydrogens (tertiary/aromatic N) is 1. The van der Waals surface area contributed by atoms with E-state index in [4.69, 9.17) is 0 Å². The number of piperidine rings is 2. The van der Waals surface area contributed by atoms with Crippen LogP contribution in [0.25, 0.3) is 10.9 Å². The van der Waals surface area contributed by atoms with Crippen molar-refractivity contribution in [3.05, 3.63) is 71.7 Å². The zero-order chi connectivity index (χ0) is 21.2. The van der Waals surface area contributed by atoms with Gasteiger partial charge in [0.2, 0.25) is 5.91 Å². The molecule has 2 saturated carbocycles. The lowest BCUT2D eigenvalue weighted by atomic mass is 9.61. The number of halogens is 1. The van der Waals surface area contributed by atoms with Crippen molar-refractivity contribution < 1.29 is 14.3 Å². The quantitative estimate of drug-likeness (QED) is 0.643. The zero-order valence-corrected chi connectivity index (χ0v) is 17.4. The molecule has 0 spiro atoms. The first-order chi connectivity index (χ1) is 15.0. The predicted molar refractivity (Wildman–Crippen MR) is 117 cm³/mol. The molecule has 1 amide bonds. The van der Waals surface area contributed by atoms with Crippen LogP contribution in [0.15, 0.2) is 54.7 Å². The smallest absolute Gasteiger partial charge is 0.224 e. The maximum Gasteiger partial charge on any atom is 0.224 e. The van der Waals surface area contributed by atoms with Crippen LogP contribution in [0.4, 0.5) is 4.39 Å². The summed E-state index contributed by atoms with van der Waals surface area (Å²) < 4.78 is 14.8. The molecule has 2 N–H and O–H groups in total. The molecule has 1 aromatic heterocycles. The third-order valence-corrected chi connectivity index (χ3v) is 7.83. The molecular weight excluding hydrogens is 391 g/mol. The number of nitrogens with one attached hydrogen (secondary N) is 1. The van der Waals surface area contributed by atoms with E-state index in [9.17, 15) is 14.3 Å². The standard InChI is InChI=1S/C26H27FN2O2/c27-22-7-4-8-23-25(22)21(15-28-23)20(17-5-2-1-3-6-17)11-24(30)29-18-9-16-10-19(29)14-26(31,12-16)13-18/h1-8,15-16,18-20,28,31H,9-14H2. The van der Waals surface area contributed by atoms with Crippen LogP contribution in [0.3, 0.4) is 0 Å². The number of benzene rings is 2. The number of carbonyl (C=O) groups excluding carboxylic acids is 1. The van der Waals surface area contributed by atoms with Gasteiger partial charge in [0, 0.05) is 41.5 Å². The topological polar surface area (TPSA) is 56.3 Å². The monoisotopic (exact) mass is 418 g/mol. The van der Waals surface area contributed by atoms with E-state index in [0.29, 0.717) is 30.6 Å². The highest BCUT2D eigenvalue weighted by Gasteiger charge is 2.55. The van der Waals surface area contributed by atoms with Crippen molar-refractivity contribution in [3.63, 3.8) is 0 Å². The van der Waals surface area contributed by atoms with Crippen molar-refractivity contribution in [1.82, 2.24) is 9.88 Å². The van der Waals surface area contributed by atoms with Gasteiger partial charge in [-0.1, -0.05) is 36.4 Å².